The lowest BCUT2D eigenvalue weighted by Gasteiger charge is -2.33. The number of nitrogens with zero attached hydrogens (tertiary/aromatic N) is 6. The summed E-state index contributed by atoms with van der Waals surface area (Å²) >= 11 is 0. The van der Waals surface area contributed by atoms with Crippen LogP contribution < -0.4 is 10.1 Å². The first-order valence-electron chi connectivity index (χ1n) is 10.2. The lowest BCUT2D eigenvalue weighted by molar-refractivity contribution is 0.0195. The second kappa shape index (κ2) is 6.70. The molecule has 1 saturated carbocycles. The van der Waals surface area contributed by atoms with E-state index in [1.807, 2.05) is 23.7 Å². The Kier molecular flexibility index (Phi) is 3.86. The highest BCUT2D eigenvalue weighted by molar-refractivity contribution is 5.84. The average molecular weight is 394 g/mol. The zero-order chi connectivity index (χ0) is 20.9. The van der Waals surface area contributed by atoms with Gasteiger partial charge in [0, 0.05) is 48.1 Å². The molecule has 4 aromatic rings. The van der Waals surface area contributed by atoms with Gasteiger partial charge in [0.2, 0.25) is 17.6 Å². The number of hydrogen-bond acceptors (Lipinski definition) is 7. The van der Waals surface area contributed by atoms with Crippen LogP contribution in [0.1, 0.15) is 34.0 Å². The van der Waals surface area contributed by atoms with Crippen molar-refractivity contribution in [2.45, 2.75) is 44.2 Å². The summed E-state index contributed by atoms with van der Waals surface area (Å²) in [6.07, 6.45) is 10.5. The SMILES string of the molecule is [2H]c1cc(-c2cnc3nccn3c2)c2c(OC)nc(NC3CCC(C)(O)CC3)nn12. The Hall–Kier alpha value is -3.20. The van der Waals surface area contributed by atoms with Gasteiger partial charge in [-0.05, 0) is 38.7 Å². The van der Waals surface area contributed by atoms with Crippen molar-refractivity contribution in [3.05, 3.63) is 37.0 Å². The molecule has 0 radical (unpaired) electrons. The summed E-state index contributed by atoms with van der Waals surface area (Å²) in [5, 5.41) is 18.0. The molecule has 0 atom stereocenters. The van der Waals surface area contributed by atoms with E-state index >= 15 is 0 Å². The average Bonchev–Trinajstić information content (AvgIpc) is 3.33. The number of anilines is 1. The van der Waals surface area contributed by atoms with Gasteiger partial charge in [-0.1, -0.05) is 0 Å². The van der Waals surface area contributed by atoms with Gasteiger partial charge in [-0.3, -0.25) is 4.40 Å². The van der Waals surface area contributed by atoms with Crippen molar-refractivity contribution in [3.8, 4) is 17.0 Å². The Labute approximate surface area is 168 Å². The Morgan fingerprint density at radius 3 is 2.97 bits per heavy atom. The van der Waals surface area contributed by atoms with Crippen LogP contribution in [0.3, 0.4) is 0 Å². The van der Waals surface area contributed by atoms with Crippen LogP contribution in [0.15, 0.2) is 37.0 Å². The summed E-state index contributed by atoms with van der Waals surface area (Å²) in [5.74, 6) is 1.40. The number of rotatable bonds is 4. The minimum Gasteiger partial charge on any atom is -0.479 e. The van der Waals surface area contributed by atoms with Crippen molar-refractivity contribution in [1.29, 1.82) is 0 Å². The maximum atomic E-state index is 10.2. The van der Waals surface area contributed by atoms with Crippen LogP contribution in [0.4, 0.5) is 5.95 Å². The number of fused-ring (bicyclic) bond motifs is 2. The number of nitrogens with one attached hydrogen (secondary N) is 1. The third-order valence-electron chi connectivity index (χ3n) is 5.55. The molecule has 29 heavy (non-hydrogen) atoms. The molecule has 1 fully saturated rings. The standard InChI is InChI=1S/C20H23N7O2/c1-20(28)6-3-14(4-7-20)23-18-24-17(29-2)16-15(5-9-27(16)25-18)13-11-22-19-21-8-10-26(19)12-13/h5,8-12,14,28H,3-4,6-7H2,1-2H3,(H,23,25)/i9D. The predicted octanol–water partition coefficient (Wildman–Crippen LogP) is 2.55. The van der Waals surface area contributed by atoms with Crippen LogP contribution >= 0.6 is 0 Å². The fourth-order valence-electron chi connectivity index (χ4n) is 3.87. The monoisotopic (exact) mass is 394 g/mol. The largest absolute Gasteiger partial charge is 0.479 e. The molecule has 1 aliphatic rings. The van der Waals surface area contributed by atoms with E-state index < -0.39 is 5.60 Å². The summed E-state index contributed by atoms with van der Waals surface area (Å²) in [4.78, 5) is 13.1. The zero-order valence-electron chi connectivity index (χ0n) is 17.3. The third-order valence-corrected chi connectivity index (χ3v) is 5.55. The lowest BCUT2D eigenvalue weighted by atomic mass is 9.84. The second-order valence-corrected chi connectivity index (χ2v) is 7.78. The van der Waals surface area contributed by atoms with Gasteiger partial charge in [0.1, 0.15) is 5.52 Å². The zero-order valence-corrected chi connectivity index (χ0v) is 16.3. The normalized spacial score (nSPS) is 22.7. The molecule has 0 aliphatic heterocycles. The van der Waals surface area contributed by atoms with Gasteiger partial charge in [-0.25, -0.2) is 14.5 Å². The Balaban J connectivity index is 1.53. The molecule has 1 aliphatic carbocycles. The van der Waals surface area contributed by atoms with Gasteiger partial charge in [0.05, 0.1) is 14.1 Å². The summed E-state index contributed by atoms with van der Waals surface area (Å²) in [5.41, 5.74) is 1.59. The van der Waals surface area contributed by atoms with Crippen molar-refractivity contribution >= 4 is 17.2 Å². The first-order valence-corrected chi connectivity index (χ1v) is 9.66. The minimum absolute atomic E-state index is 0.171. The molecule has 9 heteroatoms. The maximum absolute atomic E-state index is 10.2. The summed E-state index contributed by atoms with van der Waals surface area (Å²) < 4.78 is 17.3. The lowest BCUT2D eigenvalue weighted by Crippen LogP contribution is -2.36. The van der Waals surface area contributed by atoms with Crippen molar-refractivity contribution in [2.24, 2.45) is 0 Å². The van der Waals surface area contributed by atoms with E-state index in [2.05, 4.69) is 25.4 Å². The van der Waals surface area contributed by atoms with Crippen molar-refractivity contribution in [1.82, 2.24) is 29.0 Å². The number of methoxy groups -OCH3 is 1. The summed E-state index contributed by atoms with van der Waals surface area (Å²) in [7, 11) is 1.56. The quantitative estimate of drug-likeness (QED) is 0.548. The highest BCUT2D eigenvalue weighted by Gasteiger charge is 2.29. The molecule has 5 rings (SSSR count). The highest BCUT2D eigenvalue weighted by atomic mass is 16.5. The maximum Gasteiger partial charge on any atom is 0.244 e. The van der Waals surface area contributed by atoms with Crippen LogP contribution in [0, 0.1) is 0 Å². The van der Waals surface area contributed by atoms with Gasteiger partial charge in [-0.2, -0.15) is 4.98 Å². The fourth-order valence-corrected chi connectivity index (χ4v) is 3.87. The molecule has 4 aromatic heterocycles. The van der Waals surface area contributed by atoms with Crippen molar-refractivity contribution in [2.75, 3.05) is 12.4 Å². The van der Waals surface area contributed by atoms with Crippen LogP contribution in [-0.2, 0) is 0 Å². The molecule has 9 nitrogen and oxygen atoms in total. The van der Waals surface area contributed by atoms with E-state index in [9.17, 15) is 5.11 Å². The van der Waals surface area contributed by atoms with E-state index in [0.717, 1.165) is 36.8 Å². The topological polar surface area (TPSA) is 102 Å². The first kappa shape index (κ1) is 16.7. The molecule has 0 saturated heterocycles. The molecule has 150 valence electrons. The summed E-state index contributed by atoms with van der Waals surface area (Å²) in [6.45, 7) is 1.87. The van der Waals surface area contributed by atoms with E-state index in [0.29, 0.717) is 23.1 Å². The minimum atomic E-state index is -0.602. The van der Waals surface area contributed by atoms with Gasteiger partial charge in [0.25, 0.3) is 0 Å². The van der Waals surface area contributed by atoms with Gasteiger partial charge >= 0.3 is 0 Å². The third kappa shape index (κ3) is 3.27. The van der Waals surface area contributed by atoms with Crippen LogP contribution in [0.2, 0.25) is 0 Å². The highest BCUT2D eigenvalue weighted by Crippen LogP contribution is 2.32. The van der Waals surface area contributed by atoms with E-state index in [1.54, 1.807) is 25.6 Å². The molecule has 0 aromatic carbocycles. The fraction of sp³-hybridized carbons (Fsp3) is 0.400. The molecule has 0 spiro atoms. The van der Waals surface area contributed by atoms with Gasteiger partial charge < -0.3 is 15.2 Å². The first-order chi connectivity index (χ1) is 14.4. The van der Waals surface area contributed by atoms with Crippen molar-refractivity contribution < 1.29 is 11.2 Å². The number of aliphatic hydroxyl groups is 1. The number of imidazole rings is 1. The number of ether oxygens (including phenoxy) is 1. The number of hydrogen-bond donors (Lipinski definition) is 2. The van der Waals surface area contributed by atoms with Crippen LogP contribution in [-0.4, -0.2) is 52.8 Å². The van der Waals surface area contributed by atoms with E-state index in [1.165, 1.54) is 4.52 Å². The Morgan fingerprint density at radius 1 is 1.34 bits per heavy atom. The van der Waals surface area contributed by atoms with E-state index in [-0.39, 0.29) is 12.2 Å². The number of aromatic nitrogens is 6. The molecule has 0 bridgehead atoms. The molecule has 2 N–H and O–H groups in total. The molecule has 0 unspecified atom stereocenters. The van der Waals surface area contributed by atoms with Gasteiger partial charge in [-0.15, -0.1) is 5.10 Å². The summed E-state index contributed by atoms with van der Waals surface area (Å²) in [6, 6.07) is 1.90. The Morgan fingerprint density at radius 2 is 2.17 bits per heavy atom. The van der Waals surface area contributed by atoms with Crippen molar-refractivity contribution in [3.63, 3.8) is 0 Å². The second-order valence-electron chi connectivity index (χ2n) is 7.78. The van der Waals surface area contributed by atoms with Crippen LogP contribution in [0.25, 0.3) is 22.4 Å². The molecular weight excluding hydrogens is 370 g/mol. The van der Waals surface area contributed by atoms with Gasteiger partial charge in [0.15, 0.2) is 0 Å². The van der Waals surface area contributed by atoms with Crippen LogP contribution in [0.5, 0.6) is 5.88 Å². The molecular formula is C20H23N7O2. The van der Waals surface area contributed by atoms with E-state index in [4.69, 9.17) is 6.11 Å². The Bertz CT molecular complexity index is 1220. The molecule has 0 amide bonds. The smallest absolute Gasteiger partial charge is 0.244 e. The predicted molar refractivity (Wildman–Crippen MR) is 108 cm³/mol. The molecule has 4 heterocycles.